The van der Waals surface area contributed by atoms with E-state index in [2.05, 4.69) is 25.5 Å². The van der Waals surface area contributed by atoms with Gasteiger partial charge in [0.25, 0.3) is 11.4 Å². The molecule has 1 aliphatic rings. The molecule has 0 unspecified atom stereocenters. The quantitative estimate of drug-likeness (QED) is 0.514. The third-order valence-corrected chi connectivity index (χ3v) is 5.30. The number of piperidine rings is 1. The average Bonchev–Trinajstić information content (AvgIpc) is 3.35. The molecule has 0 radical (unpaired) electrons. The molecule has 8 nitrogen and oxygen atoms in total. The summed E-state index contributed by atoms with van der Waals surface area (Å²) in [5.41, 5.74) is 2.71. The topological polar surface area (TPSA) is 101 Å². The lowest BCUT2D eigenvalue weighted by Crippen LogP contribution is -2.28. The van der Waals surface area contributed by atoms with Gasteiger partial charge in [-0.15, -0.1) is 12.4 Å². The first-order chi connectivity index (χ1) is 13.7. The molecule has 1 fully saturated rings. The number of fused-ring (bicyclic) bond motifs is 1. The molecule has 1 aliphatic heterocycles. The van der Waals surface area contributed by atoms with Gasteiger partial charge in [-0.2, -0.15) is 10.1 Å². The van der Waals surface area contributed by atoms with E-state index < -0.39 is 0 Å². The molecule has 0 atom stereocenters. The second-order valence-electron chi connectivity index (χ2n) is 6.83. The van der Waals surface area contributed by atoms with E-state index in [1.54, 1.807) is 28.9 Å². The number of aromatic nitrogens is 5. The number of rotatable bonds is 3. The second kappa shape index (κ2) is 7.98. The van der Waals surface area contributed by atoms with Gasteiger partial charge in [0.05, 0.1) is 17.5 Å². The van der Waals surface area contributed by atoms with Crippen LogP contribution in [0.2, 0.25) is 5.02 Å². The maximum absolute atomic E-state index is 12.3. The number of nitrogens with one attached hydrogen (secondary N) is 2. The lowest BCUT2D eigenvalue weighted by molar-refractivity contribution is 0.432. The van der Waals surface area contributed by atoms with Crippen LogP contribution in [0.4, 0.5) is 0 Å². The van der Waals surface area contributed by atoms with Crippen LogP contribution >= 0.6 is 24.0 Å². The highest BCUT2D eigenvalue weighted by molar-refractivity contribution is 6.30. The van der Waals surface area contributed by atoms with E-state index in [1.165, 1.54) is 0 Å². The predicted molar refractivity (Wildman–Crippen MR) is 112 cm³/mol. The molecule has 4 heterocycles. The first-order valence-corrected chi connectivity index (χ1v) is 9.48. The summed E-state index contributed by atoms with van der Waals surface area (Å²) in [6.07, 6.45) is 3.60. The van der Waals surface area contributed by atoms with Crippen LogP contribution in [-0.2, 0) is 0 Å². The van der Waals surface area contributed by atoms with Crippen molar-refractivity contribution >= 4 is 29.7 Å². The number of aromatic amines is 1. The zero-order chi connectivity index (χ0) is 19.1. The molecule has 1 aromatic carbocycles. The molecule has 29 heavy (non-hydrogen) atoms. The lowest BCUT2D eigenvalue weighted by atomic mass is 9.94. The van der Waals surface area contributed by atoms with E-state index in [9.17, 15) is 4.79 Å². The highest BCUT2D eigenvalue weighted by Gasteiger charge is 2.22. The normalized spacial score (nSPS) is 14.8. The zero-order valence-corrected chi connectivity index (χ0v) is 16.8. The number of hydrogen-bond donors (Lipinski definition) is 2. The fraction of sp³-hybridized carbons (Fsp3) is 0.263. The summed E-state index contributed by atoms with van der Waals surface area (Å²) in [6.45, 7) is 1.87. The lowest BCUT2D eigenvalue weighted by Gasteiger charge is -2.23. The highest BCUT2D eigenvalue weighted by Crippen LogP contribution is 2.28. The Bertz CT molecular complexity index is 1190. The van der Waals surface area contributed by atoms with Crippen molar-refractivity contribution < 1.29 is 4.52 Å². The Labute approximate surface area is 176 Å². The van der Waals surface area contributed by atoms with Crippen LogP contribution < -0.4 is 10.9 Å². The molecule has 10 heteroatoms. The molecule has 0 bridgehead atoms. The molecular formula is C19H18Cl2N6O2. The summed E-state index contributed by atoms with van der Waals surface area (Å²) in [7, 11) is 0. The van der Waals surface area contributed by atoms with Crippen LogP contribution in [0.5, 0.6) is 0 Å². The van der Waals surface area contributed by atoms with Crippen molar-refractivity contribution in [1.29, 1.82) is 0 Å². The van der Waals surface area contributed by atoms with Crippen LogP contribution in [-0.4, -0.2) is 37.8 Å². The Morgan fingerprint density at radius 3 is 2.69 bits per heavy atom. The third-order valence-electron chi connectivity index (χ3n) is 5.05. The largest absolute Gasteiger partial charge is 0.334 e. The number of hydrogen-bond acceptors (Lipinski definition) is 6. The minimum absolute atomic E-state index is 0. The van der Waals surface area contributed by atoms with Gasteiger partial charge in [-0.3, -0.25) is 4.79 Å². The van der Waals surface area contributed by atoms with Crippen molar-refractivity contribution in [2.24, 2.45) is 0 Å². The number of halogens is 2. The summed E-state index contributed by atoms with van der Waals surface area (Å²) < 4.78 is 7.18. The Hall–Kier alpha value is -2.68. The van der Waals surface area contributed by atoms with Gasteiger partial charge < -0.3 is 14.8 Å². The molecule has 5 rings (SSSR count). The zero-order valence-electron chi connectivity index (χ0n) is 15.3. The maximum Gasteiger partial charge on any atom is 0.258 e. The van der Waals surface area contributed by atoms with E-state index in [4.69, 9.17) is 16.1 Å². The number of benzene rings is 1. The third kappa shape index (κ3) is 3.66. The fourth-order valence-corrected chi connectivity index (χ4v) is 3.75. The molecule has 0 amide bonds. The van der Waals surface area contributed by atoms with Crippen LogP contribution in [0, 0.1) is 0 Å². The van der Waals surface area contributed by atoms with Gasteiger partial charge in [0, 0.05) is 22.6 Å². The predicted octanol–water partition coefficient (Wildman–Crippen LogP) is 3.28. The molecule has 1 saturated heterocycles. The summed E-state index contributed by atoms with van der Waals surface area (Å²) in [4.78, 5) is 19.6. The SMILES string of the molecule is Cl.O=c1cc(C2CCNCC2)n2ncc(-c3noc(-c4ccc(Cl)cc4)n3)c2[nH]1. The van der Waals surface area contributed by atoms with E-state index in [0.717, 1.165) is 37.2 Å². The Kier molecular flexibility index (Phi) is 5.40. The van der Waals surface area contributed by atoms with E-state index in [1.807, 2.05) is 12.1 Å². The molecule has 0 spiro atoms. The smallest absolute Gasteiger partial charge is 0.258 e. The van der Waals surface area contributed by atoms with Crippen LogP contribution in [0.3, 0.4) is 0 Å². The second-order valence-corrected chi connectivity index (χ2v) is 7.27. The molecule has 0 saturated carbocycles. The summed E-state index contributed by atoms with van der Waals surface area (Å²) in [5, 5.41) is 12.5. The van der Waals surface area contributed by atoms with Gasteiger partial charge in [0.2, 0.25) is 5.82 Å². The minimum atomic E-state index is -0.163. The van der Waals surface area contributed by atoms with Crippen LogP contribution in [0.1, 0.15) is 24.5 Å². The summed E-state index contributed by atoms with van der Waals surface area (Å²) in [5.74, 6) is 1.04. The first kappa shape index (κ1) is 19.6. The molecule has 150 valence electrons. The standard InChI is InChI=1S/C19H17ClN6O2.ClH/c20-13-3-1-12(2-4-13)19-24-17(25-28-19)14-10-22-26-15(9-16(27)23-18(14)26)11-5-7-21-8-6-11;/h1-4,9-11,21H,5-8H2,(H,23,27);1H. The van der Waals surface area contributed by atoms with Crippen molar-refractivity contribution in [2.75, 3.05) is 13.1 Å². The van der Waals surface area contributed by atoms with Gasteiger partial charge in [0.15, 0.2) is 0 Å². The Morgan fingerprint density at radius 1 is 1.17 bits per heavy atom. The van der Waals surface area contributed by atoms with Gasteiger partial charge in [-0.25, -0.2) is 4.52 Å². The molecule has 2 N–H and O–H groups in total. The summed E-state index contributed by atoms with van der Waals surface area (Å²) in [6, 6.07) is 8.78. The van der Waals surface area contributed by atoms with E-state index >= 15 is 0 Å². The van der Waals surface area contributed by atoms with Crippen molar-refractivity contribution in [1.82, 2.24) is 30.1 Å². The van der Waals surface area contributed by atoms with Gasteiger partial charge >= 0.3 is 0 Å². The monoisotopic (exact) mass is 432 g/mol. The number of H-pyrrole nitrogens is 1. The molecule has 3 aromatic heterocycles. The first-order valence-electron chi connectivity index (χ1n) is 9.11. The van der Waals surface area contributed by atoms with Crippen molar-refractivity contribution in [3.8, 4) is 22.8 Å². The molecular weight excluding hydrogens is 415 g/mol. The van der Waals surface area contributed by atoms with Crippen LogP contribution in [0.25, 0.3) is 28.5 Å². The molecule has 4 aromatic rings. The Morgan fingerprint density at radius 2 is 1.93 bits per heavy atom. The van der Waals surface area contributed by atoms with Crippen LogP contribution in [0.15, 0.2) is 45.8 Å². The minimum Gasteiger partial charge on any atom is -0.334 e. The van der Waals surface area contributed by atoms with E-state index in [-0.39, 0.29) is 23.9 Å². The van der Waals surface area contributed by atoms with Gasteiger partial charge in [0.1, 0.15) is 5.65 Å². The van der Waals surface area contributed by atoms with Gasteiger partial charge in [-0.1, -0.05) is 16.8 Å². The maximum atomic E-state index is 12.3. The average molecular weight is 433 g/mol. The van der Waals surface area contributed by atoms with Gasteiger partial charge in [-0.05, 0) is 50.2 Å². The molecule has 0 aliphatic carbocycles. The highest BCUT2D eigenvalue weighted by atomic mass is 35.5. The fourth-order valence-electron chi connectivity index (χ4n) is 3.63. The number of nitrogens with zero attached hydrogens (tertiary/aromatic N) is 4. The Balaban J connectivity index is 0.00000205. The van der Waals surface area contributed by atoms with Crippen molar-refractivity contribution in [2.45, 2.75) is 18.8 Å². The van der Waals surface area contributed by atoms with E-state index in [0.29, 0.717) is 27.9 Å². The van der Waals surface area contributed by atoms with Crippen molar-refractivity contribution in [3.05, 3.63) is 57.6 Å². The summed E-state index contributed by atoms with van der Waals surface area (Å²) >= 11 is 5.93. The van der Waals surface area contributed by atoms with Crippen molar-refractivity contribution in [3.63, 3.8) is 0 Å².